The molecule has 0 amide bonds. The van der Waals surface area contributed by atoms with Gasteiger partial charge in [-0.3, -0.25) is 15.6 Å². The van der Waals surface area contributed by atoms with Gasteiger partial charge >= 0.3 is 0 Å². The molecular formula is C10H28N3O2P. The van der Waals surface area contributed by atoms with Crippen LogP contribution in [-0.2, 0) is 4.57 Å². The zero-order valence-electron chi connectivity index (χ0n) is 10.6. The van der Waals surface area contributed by atoms with Crippen molar-refractivity contribution in [3.8, 4) is 0 Å². The summed E-state index contributed by atoms with van der Waals surface area (Å²) >= 11 is 0. The number of aliphatic hydroxyl groups is 1. The van der Waals surface area contributed by atoms with Crippen molar-refractivity contribution in [1.29, 1.82) is 0 Å². The van der Waals surface area contributed by atoms with E-state index in [1.165, 1.54) is 12.8 Å². The molecule has 0 aliphatic heterocycles. The first-order valence-electron chi connectivity index (χ1n) is 6.01. The summed E-state index contributed by atoms with van der Waals surface area (Å²) in [5, 5.41) is 10.7. The topological polar surface area (TPSA) is 101 Å². The van der Waals surface area contributed by atoms with E-state index in [0.717, 1.165) is 25.7 Å². The van der Waals surface area contributed by atoms with Crippen LogP contribution >= 0.6 is 7.59 Å². The molecule has 0 rings (SSSR count). The van der Waals surface area contributed by atoms with E-state index in [0.29, 0.717) is 13.2 Å². The van der Waals surface area contributed by atoms with Crippen LogP contribution in [-0.4, -0.2) is 18.3 Å². The van der Waals surface area contributed by atoms with Gasteiger partial charge in [-0.25, -0.2) is 5.09 Å². The molecule has 6 N–H and O–H groups in total. The predicted octanol–water partition coefficient (Wildman–Crippen LogP) is 1.96. The largest absolute Gasteiger partial charge is 0.396 e. The highest BCUT2D eigenvalue weighted by atomic mass is 31.2. The average Bonchev–Trinajstić information content (AvgIpc) is 2.18. The number of unbranched alkanes of at least 4 members (excludes halogenated alkanes) is 4. The van der Waals surface area contributed by atoms with Crippen molar-refractivity contribution in [2.45, 2.75) is 52.4 Å². The van der Waals surface area contributed by atoms with Crippen molar-refractivity contribution in [1.82, 2.24) is 5.09 Å². The second kappa shape index (κ2) is 13.1. The normalized spacial score (nSPS) is 10.8. The minimum Gasteiger partial charge on any atom is -0.396 e. The summed E-state index contributed by atoms with van der Waals surface area (Å²) in [5.41, 5.74) is 10.1. The van der Waals surface area contributed by atoms with Crippen LogP contribution in [0.2, 0.25) is 0 Å². The molecule has 0 aromatic carbocycles. The van der Waals surface area contributed by atoms with Crippen LogP contribution in [0, 0.1) is 0 Å². The molecule has 0 atom stereocenters. The van der Waals surface area contributed by atoms with E-state index in [1.807, 2.05) is 0 Å². The number of nitrogens with two attached hydrogens (primary N) is 2. The van der Waals surface area contributed by atoms with Gasteiger partial charge in [-0.2, -0.15) is 0 Å². The van der Waals surface area contributed by atoms with Gasteiger partial charge in [-0.05, 0) is 12.8 Å². The predicted molar refractivity (Wildman–Crippen MR) is 70.1 cm³/mol. The Labute approximate surface area is 99.5 Å². The fourth-order valence-electron chi connectivity index (χ4n) is 0.964. The molecule has 6 heteroatoms. The second-order valence-corrected chi connectivity index (χ2v) is 5.49. The van der Waals surface area contributed by atoms with Crippen molar-refractivity contribution in [2.75, 3.05) is 13.2 Å². The van der Waals surface area contributed by atoms with Gasteiger partial charge in [0.25, 0.3) is 7.59 Å². The molecule has 0 saturated carbocycles. The van der Waals surface area contributed by atoms with E-state index in [2.05, 4.69) is 18.9 Å². The lowest BCUT2D eigenvalue weighted by Gasteiger charge is -2.07. The van der Waals surface area contributed by atoms with Gasteiger partial charge in [0.2, 0.25) is 0 Å². The highest BCUT2D eigenvalue weighted by Gasteiger charge is 2.04. The fraction of sp³-hybridized carbons (Fsp3) is 1.00. The van der Waals surface area contributed by atoms with Crippen LogP contribution in [0.3, 0.4) is 0 Å². The first-order valence-corrected chi connectivity index (χ1v) is 7.85. The van der Waals surface area contributed by atoms with E-state index < -0.39 is 7.59 Å². The van der Waals surface area contributed by atoms with Crippen LogP contribution in [0.25, 0.3) is 0 Å². The Morgan fingerprint density at radius 2 is 1.62 bits per heavy atom. The van der Waals surface area contributed by atoms with Gasteiger partial charge in [-0.1, -0.05) is 39.5 Å². The number of nitrogens with one attached hydrogen (secondary N) is 1. The minimum absolute atomic E-state index is 0.344. The Hall–Kier alpha value is 0.0700. The third-order valence-corrected chi connectivity index (χ3v) is 2.62. The molecule has 0 aliphatic carbocycles. The molecule has 0 radical (unpaired) electrons. The van der Waals surface area contributed by atoms with Crippen molar-refractivity contribution < 1.29 is 9.67 Å². The smallest absolute Gasteiger partial charge is 0.273 e. The summed E-state index contributed by atoms with van der Waals surface area (Å²) < 4.78 is 10.7. The molecule has 0 bridgehead atoms. The monoisotopic (exact) mass is 253 g/mol. The average molecular weight is 253 g/mol. The van der Waals surface area contributed by atoms with Crippen molar-refractivity contribution >= 4 is 7.59 Å². The summed E-state index contributed by atoms with van der Waals surface area (Å²) in [6, 6.07) is 0. The van der Waals surface area contributed by atoms with Gasteiger partial charge in [-0.15, -0.1) is 0 Å². The van der Waals surface area contributed by atoms with Crippen LogP contribution in [0.1, 0.15) is 52.4 Å². The maximum Gasteiger partial charge on any atom is 0.273 e. The van der Waals surface area contributed by atoms with Gasteiger partial charge < -0.3 is 5.11 Å². The molecule has 0 aromatic heterocycles. The van der Waals surface area contributed by atoms with E-state index >= 15 is 0 Å². The number of hydrogen-bond acceptors (Lipinski definition) is 2. The first-order chi connectivity index (χ1) is 7.47. The zero-order chi connectivity index (χ0) is 12.9. The Bertz CT molecular complexity index is 171. The third-order valence-electron chi connectivity index (χ3n) is 1.90. The molecule has 0 heterocycles. The molecule has 5 nitrogen and oxygen atoms in total. The minimum atomic E-state index is -2.96. The summed E-state index contributed by atoms with van der Waals surface area (Å²) in [4.78, 5) is 0. The molecule has 0 fully saturated rings. The maximum atomic E-state index is 10.7. The van der Waals surface area contributed by atoms with Crippen molar-refractivity contribution in [3.05, 3.63) is 0 Å². The van der Waals surface area contributed by atoms with Crippen LogP contribution < -0.4 is 16.1 Å². The van der Waals surface area contributed by atoms with Crippen LogP contribution in [0.5, 0.6) is 0 Å². The Kier molecular flexibility index (Phi) is 15.1. The van der Waals surface area contributed by atoms with Crippen molar-refractivity contribution in [3.63, 3.8) is 0 Å². The van der Waals surface area contributed by atoms with Gasteiger partial charge in [0.15, 0.2) is 0 Å². The molecule has 0 spiro atoms. The van der Waals surface area contributed by atoms with Crippen LogP contribution in [0.4, 0.5) is 0 Å². The Balaban J connectivity index is 0. The van der Waals surface area contributed by atoms with E-state index in [4.69, 9.17) is 16.1 Å². The molecule has 0 aromatic rings. The molecular weight excluding hydrogens is 225 g/mol. The molecule has 0 aliphatic rings. The summed E-state index contributed by atoms with van der Waals surface area (Å²) in [7, 11) is -2.96. The maximum absolute atomic E-state index is 10.7. The second-order valence-electron chi connectivity index (χ2n) is 3.76. The third kappa shape index (κ3) is 23.7. The SMILES string of the molecule is CCCCCCNP(N)(N)=O.CCCCO. The summed E-state index contributed by atoms with van der Waals surface area (Å²) in [6.07, 6.45) is 6.58. The van der Waals surface area contributed by atoms with Gasteiger partial charge in [0.05, 0.1) is 0 Å². The molecule has 16 heavy (non-hydrogen) atoms. The zero-order valence-corrected chi connectivity index (χ0v) is 11.5. The highest BCUT2D eigenvalue weighted by Crippen LogP contribution is 2.16. The van der Waals surface area contributed by atoms with Gasteiger partial charge in [0.1, 0.15) is 0 Å². The van der Waals surface area contributed by atoms with E-state index in [1.54, 1.807) is 0 Å². The van der Waals surface area contributed by atoms with Crippen LogP contribution in [0.15, 0.2) is 0 Å². The number of hydrogen-bond donors (Lipinski definition) is 4. The quantitative estimate of drug-likeness (QED) is 0.391. The number of rotatable bonds is 8. The fourth-order valence-corrected chi connectivity index (χ4v) is 1.47. The molecule has 100 valence electrons. The van der Waals surface area contributed by atoms with Gasteiger partial charge in [0, 0.05) is 13.2 Å². The molecule has 0 unspecified atom stereocenters. The first kappa shape index (κ1) is 18.4. The Morgan fingerprint density at radius 1 is 1.06 bits per heavy atom. The summed E-state index contributed by atoms with van der Waals surface area (Å²) in [6.45, 7) is 5.20. The standard InChI is InChI=1S/C6H18N3OP.C4H10O/c1-2-3-4-5-6-9-11(7,8)10;1-2-3-4-5/h2-6H2,1H3,(H5,7,8,9,10);5H,2-4H2,1H3. The van der Waals surface area contributed by atoms with E-state index in [-0.39, 0.29) is 0 Å². The lowest BCUT2D eigenvalue weighted by molar-refractivity contribution is 0.287. The number of aliphatic hydroxyl groups excluding tert-OH is 1. The highest BCUT2D eigenvalue weighted by molar-refractivity contribution is 7.56. The van der Waals surface area contributed by atoms with E-state index in [9.17, 15) is 4.57 Å². The van der Waals surface area contributed by atoms with Crippen molar-refractivity contribution in [2.24, 2.45) is 11.0 Å². The molecule has 0 saturated heterocycles. The Morgan fingerprint density at radius 3 is 1.94 bits per heavy atom. The lowest BCUT2D eigenvalue weighted by Crippen LogP contribution is -2.22. The summed E-state index contributed by atoms with van der Waals surface area (Å²) in [5.74, 6) is 0. The lowest BCUT2D eigenvalue weighted by atomic mass is 10.2.